The van der Waals surface area contributed by atoms with Gasteiger partial charge in [0.15, 0.2) is 11.5 Å². The van der Waals surface area contributed by atoms with Crippen molar-refractivity contribution in [2.24, 2.45) is 10.5 Å². The van der Waals surface area contributed by atoms with Crippen molar-refractivity contribution in [3.8, 4) is 11.5 Å². The van der Waals surface area contributed by atoms with Crippen LogP contribution in [0.25, 0.3) is 11.0 Å². The lowest BCUT2D eigenvalue weighted by Gasteiger charge is -2.35. The molecule has 9 heteroatoms. The Hall–Kier alpha value is -4.01. The van der Waals surface area contributed by atoms with Crippen LogP contribution in [0, 0.1) is 5.41 Å². The summed E-state index contributed by atoms with van der Waals surface area (Å²) in [5, 5.41) is 6.40. The summed E-state index contributed by atoms with van der Waals surface area (Å²) in [4.78, 5) is 37.1. The minimum atomic E-state index is -0.784. The molecule has 0 bridgehead atoms. The zero-order valence-electron chi connectivity index (χ0n) is 20.9. The lowest BCUT2D eigenvalue weighted by Crippen LogP contribution is -2.47. The summed E-state index contributed by atoms with van der Waals surface area (Å²) in [6.45, 7) is 4.82. The van der Waals surface area contributed by atoms with E-state index in [0.717, 1.165) is 11.1 Å². The Morgan fingerprint density at radius 2 is 1.69 bits per heavy atom. The topological polar surface area (TPSA) is 97.2 Å². The van der Waals surface area contributed by atoms with E-state index in [1.54, 1.807) is 24.1 Å². The summed E-state index contributed by atoms with van der Waals surface area (Å²) < 4.78 is 10.8. The second-order valence-electron chi connectivity index (χ2n) is 9.56. The van der Waals surface area contributed by atoms with Crippen LogP contribution in [-0.4, -0.2) is 70.8 Å². The van der Waals surface area contributed by atoms with E-state index in [1.165, 1.54) is 6.20 Å². The van der Waals surface area contributed by atoms with Crippen LogP contribution < -0.4 is 9.47 Å². The zero-order valence-corrected chi connectivity index (χ0v) is 20.9. The van der Waals surface area contributed by atoms with Gasteiger partial charge in [-0.1, -0.05) is 12.1 Å². The molecule has 1 saturated heterocycles. The van der Waals surface area contributed by atoms with Crippen LogP contribution in [-0.2, 0) is 4.79 Å². The van der Waals surface area contributed by atoms with Gasteiger partial charge < -0.3 is 14.4 Å². The quantitative estimate of drug-likeness (QED) is 0.546. The number of amides is 2. The molecular weight excluding hydrogens is 458 g/mol. The predicted octanol–water partition coefficient (Wildman–Crippen LogP) is 3.52. The molecule has 0 N–H and O–H groups in total. The van der Waals surface area contributed by atoms with Crippen LogP contribution in [0.2, 0.25) is 0 Å². The summed E-state index contributed by atoms with van der Waals surface area (Å²) in [5.74, 6) is 1.02. The van der Waals surface area contributed by atoms with Crippen molar-refractivity contribution in [2.75, 3.05) is 27.3 Å². The zero-order chi connectivity index (χ0) is 25.4. The first-order valence-electron chi connectivity index (χ1n) is 12.0. The molecule has 0 spiro atoms. The molecule has 2 amide bonds. The predicted molar refractivity (Wildman–Crippen MR) is 135 cm³/mol. The first kappa shape index (κ1) is 23.7. The van der Waals surface area contributed by atoms with Gasteiger partial charge in [-0.15, -0.1) is 0 Å². The average molecular weight is 488 g/mol. The van der Waals surface area contributed by atoms with Gasteiger partial charge in [0.2, 0.25) is 0 Å². The maximum atomic E-state index is 13.4. The average Bonchev–Trinajstić information content (AvgIpc) is 3.16. The minimum absolute atomic E-state index is 0.0440. The van der Waals surface area contributed by atoms with Crippen LogP contribution in [0.15, 0.2) is 53.8 Å². The Kier molecular flexibility index (Phi) is 6.07. The van der Waals surface area contributed by atoms with Crippen molar-refractivity contribution in [3.05, 3.63) is 59.9 Å². The van der Waals surface area contributed by atoms with Gasteiger partial charge in [-0.25, -0.2) is 9.99 Å². The van der Waals surface area contributed by atoms with Crippen LogP contribution >= 0.6 is 0 Å². The lowest BCUT2D eigenvalue weighted by molar-refractivity contribution is -0.137. The number of para-hydroxylation sites is 2. The third kappa shape index (κ3) is 4.04. The van der Waals surface area contributed by atoms with Gasteiger partial charge in [0.05, 0.1) is 48.6 Å². The van der Waals surface area contributed by atoms with E-state index < -0.39 is 5.41 Å². The van der Waals surface area contributed by atoms with Crippen molar-refractivity contribution >= 4 is 28.6 Å². The maximum Gasteiger partial charge on any atom is 0.274 e. The van der Waals surface area contributed by atoms with Gasteiger partial charge in [-0.2, -0.15) is 5.10 Å². The normalized spacial score (nSPS) is 17.9. The number of carbonyl (C=O) groups excluding carboxylic acids is 2. The fourth-order valence-electron chi connectivity index (χ4n) is 4.85. The van der Waals surface area contributed by atoms with Crippen LogP contribution in [0.3, 0.4) is 0 Å². The first-order valence-corrected chi connectivity index (χ1v) is 12.0. The molecule has 0 atom stereocenters. The fraction of sp³-hybridized carbons (Fsp3) is 0.370. The number of fused-ring (bicyclic) bond motifs is 1. The number of piperidine rings is 1. The van der Waals surface area contributed by atoms with Crippen molar-refractivity contribution in [1.29, 1.82) is 0 Å². The largest absolute Gasteiger partial charge is 0.493 e. The monoisotopic (exact) mass is 487 g/mol. The maximum absolute atomic E-state index is 13.4. The van der Waals surface area contributed by atoms with Crippen LogP contribution in [0.1, 0.15) is 42.7 Å². The Morgan fingerprint density at radius 1 is 1.00 bits per heavy atom. The molecule has 0 aliphatic carbocycles. The highest BCUT2D eigenvalue weighted by Gasteiger charge is 2.47. The molecule has 2 aromatic carbocycles. The molecule has 5 rings (SSSR count). The lowest BCUT2D eigenvalue weighted by atomic mass is 9.83. The van der Waals surface area contributed by atoms with Gasteiger partial charge >= 0.3 is 0 Å². The number of rotatable bonds is 5. The van der Waals surface area contributed by atoms with E-state index in [1.807, 2.05) is 56.3 Å². The highest BCUT2D eigenvalue weighted by atomic mass is 16.5. The van der Waals surface area contributed by atoms with Gasteiger partial charge in [-0.3, -0.25) is 14.6 Å². The second-order valence-corrected chi connectivity index (χ2v) is 9.56. The van der Waals surface area contributed by atoms with Gasteiger partial charge in [-0.05, 0) is 57.0 Å². The molecule has 9 nitrogen and oxygen atoms in total. The molecule has 3 heterocycles. The standard InChI is InChI=1S/C27H29N5O4/c1-27(2)24(17-9-10-22(35-3)23(15-17)36-4)30-32(26(27)34)18-11-13-31(14-12-18)25(33)21-16-28-19-7-5-6-8-20(19)29-21/h5-10,15-16,18H,11-14H2,1-4H3. The third-order valence-electron chi connectivity index (χ3n) is 6.96. The van der Waals surface area contributed by atoms with Gasteiger partial charge in [0.25, 0.3) is 11.8 Å². The first-order chi connectivity index (χ1) is 17.3. The van der Waals surface area contributed by atoms with E-state index in [-0.39, 0.29) is 17.9 Å². The molecule has 1 fully saturated rings. The van der Waals surface area contributed by atoms with E-state index in [9.17, 15) is 9.59 Å². The molecule has 0 radical (unpaired) electrons. The highest BCUT2D eigenvalue weighted by Crippen LogP contribution is 2.37. The summed E-state index contributed by atoms with van der Waals surface area (Å²) in [6, 6.07) is 13.0. The molecule has 2 aliphatic heterocycles. The third-order valence-corrected chi connectivity index (χ3v) is 6.96. The summed E-state index contributed by atoms with van der Waals surface area (Å²) in [7, 11) is 3.17. The van der Waals surface area contributed by atoms with Crippen molar-refractivity contribution in [1.82, 2.24) is 19.9 Å². The number of hydrogen-bond donors (Lipinski definition) is 0. The number of benzene rings is 2. The number of methoxy groups -OCH3 is 2. The summed E-state index contributed by atoms with van der Waals surface area (Å²) in [6.07, 6.45) is 2.80. The number of hydrogen-bond acceptors (Lipinski definition) is 7. The minimum Gasteiger partial charge on any atom is -0.493 e. The Bertz CT molecular complexity index is 1360. The molecule has 0 saturated carbocycles. The Morgan fingerprint density at radius 3 is 2.39 bits per heavy atom. The van der Waals surface area contributed by atoms with E-state index in [0.29, 0.717) is 54.4 Å². The van der Waals surface area contributed by atoms with Crippen molar-refractivity contribution in [2.45, 2.75) is 32.7 Å². The second kappa shape index (κ2) is 9.22. The van der Waals surface area contributed by atoms with Crippen LogP contribution in [0.5, 0.6) is 11.5 Å². The van der Waals surface area contributed by atoms with E-state index in [4.69, 9.17) is 14.6 Å². The van der Waals surface area contributed by atoms with Crippen molar-refractivity contribution < 1.29 is 19.1 Å². The molecule has 36 heavy (non-hydrogen) atoms. The number of ether oxygens (including phenoxy) is 2. The van der Waals surface area contributed by atoms with Gasteiger partial charge in [0.1, 0.15) is 5.69 Å². The highest BCUT2D eigenvalue weighted by molar-refractivity contribution is 6.19. The Labute approximate surface area is 209 Å². The summed E-state index contributed by atoms with van der Waals surface area (Å²) >= 11 is 0. The molecular formula is C27H29N5O4. The smallest absolute Gasteiger partial charge is 0.274 e. The number of likely N-dealkylation sites (tertiary alicyclic amines) is 1. The SMILES string of the molecule is COc1ccc(C2=NN(C3CCN(C(=O)c4cnc5ccccc5n4)CC3)C(=O)C2(C)C)cc1OC. The van der Waals surface area contributed by atoms with Crippen LogP contribution in [0.4, 0.5) is 0 Å². The number of nitrogens with zero attached hydrogens (tertiary/aromatic N) is 5. The molecule has 186 valence electrons. The molecule has 3 aromatic rings. The van der Waals surface area contributed by atoms with E-state index in [2.05, 4.69) is 9.97 Å². The van der Waals surface area contributed by atoms with Crippen molar-refractivity contribution in [3.63, 3.8) is 0 Å². The fourth-order valence-corrected chi connectivity index (χ4v) is 4.85. The van der Waals surface area contributed by atoms with Gasteiger partial charge in [0, 0.05) is 18.7 Å². The molecule has 1 aromatic heterocycles. The molecule has 0 unspecified atom stereocenters. The Balaban J connectivity index is 1.32. The number of hydrazone groups is 1. The molecule has 2 aliphatic rings. The number of aromatic nitrogens is 2. The summed E-state index contributed by atoms with van der Waals surface area (Å²) in [5.41, 5.74) is 2.51. The van der Waals surface area contributed by atoms with E-state index >= 15 is 0 Å². The number of carbonyl (C=O) groups is 2.